The van der Waals surface area contributed by atoms with Crippen molar-refractivity contribution in [1.82, 2.24) is 24.6 Å². The Morgan fingerprint density at radius 2 is 1.83 bits per heavy atom. The van der Waals surface area contributed by atoms with Gasteiger partial charge < -0.3 is 14.5 Å². The number of ether oxygens (including phenoxy) is 1. The Morgan fingerprint density at radius 3 is 2.57 bits per heavy atom. The van der Waals surface area contributed by atoms with Crippen LogP contribution in [0.25, 0.3) is 16.7 Å². The molecule has 3 heterocycles. The summed E-state index contributed by atoms with van der Waals surface area (Å²) in [6.07, 6.45) is 4.03. The van der Waals surface area contributed by atoms with Crippen LogP contribution in [0, 0.1) is 0 Å². The average molecular weight is 489 g/mol. The van der Waals surface area contributed by atoms with E-state index in [0.29, 0.717) is 48.4 Å². The zero-order chi connectivity index (χ0) is 23.9. The van der Waals surface area contributed by atoms with Crippen molar-refractivity contribution in [1.29, 1.82) is 0 Å². The summed E-state index contributed by atoms with van der Waals surface area (Å²) in [5.41, 5.74) is 2.20. The van der Waals surface area contributed by atoms with Gasteiger partial charge >= 0.3 is 0 Å². The number of para-hydroxylation sites is 1. The van der Waals surface area contributed by atoms with E-state index in [1.807, 2.05) is 53.6 Å². The smallest absolute Gasteiger partial charge is 0.254 e. The molecule has 0 radical (unpaired) electrons. The number of amides is 1. The second-order valence-electron chi connectivity index (χ2n) is 8.94. The Balaban J connectivity index is 1.29. The van der Waals surface area contributed by atoms with Crippen molar-refractivity contribution in [2.24, 2.45) is 0 Å². The molecule has 0 unspecified atom stereocenters. The molecule has 1 saturated carbocycles. The maximum atomic E-state index is 13.1. The van der Waals surface area contributed by atoms with Gasteiger partial charge in [0.1, 0.15) is 17.4 Å². The van der Waals surface area contributed by atoms with Crippen molar-refractivity contribution in [2.45, 2.75) is 18.8 Å². The lowest BCUT2D eigenvalue weighted by Gasteiger charge is -2.35. The molecule has 2 aromatic heterocycles. The van der Waals surface area contributed by atoms with Crippen molar-refractivity contribution in [2.75, 3.05) is 38.2 Å². The summed E-state index contributed by atoms with van der Waals surface area (Å²) < 4.78 is 7.08. The Labute approximate surface area is 208 Å². The number of carbonyl (C=O) groups is 1. The largest absolute Gasteiger partial charge is 0.497 e. The predicted molar refractivity (Wildman–Crippen MR) is 135 cm³/mol. The average Bonchev–Trinajstić information content (AvgIpc) is 3.68. The number of halogens is 1. The fourth-order valence-corrected chi connectivity index (χ4v) is 4.75. The highest BCUT2D eigenvalue weighted by molar-refractivity contribution is 6.32. The van der Waals surface area contributed by atoms with Gasteiger partial charge in [0.15, 0.2) is 5.65 Å². The summed E-state index contributed by atoms with van der Waals surface area (Å²) in [6, 6.07) is 14.9. The van der Waals surface area contributed by atoms with Crippen LogP contribution in [-0.4, -0.2) is 63.8 Å². The molecule has 6 rings (SSSR count). The number of benzene rings is 2. The molecule has 1 saturated heterocycles. The maximum absolute atomic E-state index is 13.1. The third-order valence-electron chi connectivity index (χ3n) is 6.63. The summed E-state index contributed by atoms with van der Waals surface area (Å²) >= 11 is 6.47. The minimum atomic E-state index is 0.0154. The van der Waals surface area contributed by atoms with Gasteiger partial charge in [-0.2, -0.15) is 5.10 Å². The highest BCUT2D eigenvalue weighted by atomic mass is 35.5. The van der Waals surface area contributed by atoms with E-state index in [0.717, 1.165) is 41.2 Å². The second kappa shape index (κ2) is 8.85. The number of anilines is 1. The standard InChI is InChI=1S/C26H25ClN6O2/c1-35-19-6-4-5-18(15-19)26(34)32-13-11-31(12-14-32)24-20-16-28-33(22-8-3-2-7-21(22)27)25(20)30-23(29-24)17-9-10-17/h2-8,15-17H,9-14H2,1H3. The summed E-state index contributed by atoms with van der Waals surface area (Å²) in [7, 11) is 1.61. The van der Waals surface area contributed by atoms with Crippen molar-refractivity contribution < 1.29 is 9.53 Å². The van der Waals surface area contributed by atoms with E-state index in [-0.39, 0.29) is 5.91 Å². The zero-order valence-electron chi connectivity index (χ0n) is 19.4. The first kappa shape index (κ1) is 21.9. The van der Waals surface area contributed by atoms with Crippen LogP contribution >= 0.6 is 11.6 Å². The van der Waals surface area contributed by atoms with Gasteiger partial charge in [-0.05, 0) is 43.2 Å². The molecule has 178 valence electrons. The van der Waals surface area contributed by atoms with E-state index >= 15 is 0 Å². The van der Waals surface area contributed by atoms with Crippen molar-refractivity contribution in [3.05, 3.63) is 71.1 Å². The highest BCUT2D eigenvalue weighted by Crippen LogP contribution is 2.40. The lowest BCUT2D eigenvalue weighted by molar-refractivity contribution is 0.0746. The van der Waals surface area contributed by atoms with Crippen LogP contribution in [0.15, 0.2) is 54.7 Å². The Kier molecular flexibility index (Phi) is 5.53. The van der Waals surface area contributed by atoms with E-state index < -0.39 is 0 Å². The maximum Gasteiger partial charge on any atom is 0.254 e. The van der Waals surface area contributed by atoms with Crippen molar-refractivity contribution in [3.8, 4) is 11.4 Å². The quantitative estimate of drug-likeness (QED) is 0.416. The minimum absolute atomic E-state index is 0.0154. The van der Waals surface area contributed by atoms with Crippen LogP contribution in [0.4, 0.5) is 5.82 Å². The zero-order valence-corrected chi connectivity index (χ0v) is 20.1. The lowest BCUT2D eigenvalue weighted by Crippen LogP contribution is -2.49. The molecule has 0 N–H and O–H groups in total. The fourth-order valence-electron chi connectivity index (χ4n) is 4.53. The van der Waals surface area contributed by atoms with Crippen LogP contribution in [-0.2, 0) is 0 Å². The number of carbonyl (C=O) groups excluding carboxylic acids is 1. The van der Waals surface area contributed by atoms with Gasteiger partial charge in [-0.1, -0.05) is 29.8 Å². The van der Waals surface area contributed by atoms with Gasteiger partial charge in [-0.25, -0.2) is 14.6 Å². The van der Waals surface area contributed by atoms with Gasteiger partial charge in [0.2, 0.25) is 0 Å². The molecule has 2 aromatic carbocycles. The minimum Gasteiger partial charge on any atom is -0.497 e. The summed E-state index contributed by atoms with van der Waals surface area (Å²) in [5, 5.41) is 6.14. The number of hydrogen-bond acceptors (Lipinski definition) is 6. The number of rotatable bonds is 5. The van der Waals surface area contributed by atoms with Crippen LogP contribution in [0.2, 0.25) is 5.02 Å². The Bertz CT molecular complexity index is 1410. The van der Waals surface area contributed by atoms with E-state index in [1.165, 1.54) is 0 Å². The van der Waals surface area contributed by atoms with Gasteiger partial charge in [0.05, 0.1) is 29.4 Å². The summed E-state index contributed by atoms with van der Waals surface area (Å²) in [4.78, 5) is 27.1. The Hall–Kier alpha value is -3.65. The van der Waals surface area contributed by atoms with Gasteiger partial charge in [-0.3, -0.25) is 4.79 Å². The summed E-state index contributed by atoms with van der Waals surface area (Å²) in [6.45, 7) is 2.59. The molecule has 1 amide bonds. The van der Waals surface area contributed by atoms with Crippen LogP contribution < -0.4 is 9.64 Å². The number of nitrogens with zero attached hydrogens (tertiary/aromatic N) is 6. The van der Waals surface area contributed by atoms with E-state index in [2.05, 4.69) is 10.00 Å². The molecule has 0 spiro atoms. The van der Waals surface area contributed by atoms with Gasteiger partial charge in [-0.15, -0.1) is 0 Å². The third-order valence-corrected chi connectivity index (χ3v) is 6.95. The molecular formula is C26H25ClN6O2. The summed E-state index contributed by atoms with van der Waals surface area (Å²) in [5.74, 6) is 2.83. The number of fused-ring (bicyclic) bond motifs is 1. The topological polar surface area (TPSA) is 76.4 Å². The van der Waals surface area contributed by atoms with Crippen LogP contribution in [0.1, 0.15) is 34.9 Å². The normalized spacial score (nSPS) is 16.1. The molecule has 0 bridgehead atoms. The first-order valence-electron chi connectivity index (χ1n) is 11.8. The first-order valence-corrected chi connectivity index (χ1v) is 12.2. The molecule has 8 nitrogen and oxygen atoms in total. The van der Waals surface area contributed by atoms with Gasteiger partial charge in [0, 0.05) is 37.7 Å². The number of hydrogen-bond donors (Lipinski definition) is 0. The van der Waals surface area contributed by atoms with Crippen molar-refractivity contribution in [3.63, 3.8) is 0 Å². The molecule has 1 aliphatic heterocycles. The monoisotopic (exact) mass is 488 g/mol. The highest BCUT2D eigenvalue weighted by Gasteiger charge is 2.31. The van der Waals surface area contributed by atoms with E-state index in [9.17, 15) is 4.79 Å². The van der Waals surface area contributed by atoms with E-state index in [4.69, 9.17) is 26.3 Å². The van der Waals surface area contributed by atoms with Gasteiger partial charge in [0.25, 0.3) is 5.91 Å². The predicted octanol–water partition coefficient (Wildman–Crippen LogP) is 4.32. The molecule has 2 aliphatic rings. The molecule has 9 heteroatoms. The van der Waals surface area contributed by atoms with Crippen LogP contribution in [0.5, 0.6) is 5.75 Å². The second-order valence-corrected chi connectivity index (χ2v) is 9.34. The van der Waals surface area contributed by atoms with Crippen LogP contribution in [0.3, 0.4) is 0 Å². The number of aromatic nitrogens is 4. The van der Waals surface area contributed by atoms with Crippen molar-refractivity contribution >= 4 is 34.4 Å². The third kappa shape index (κ3) is 4.08. The number of piperazine rings is 1. The molecule has 4 aromatic rings. The lowest BCUT2D eigenvalue weighted by atomic mass is 10.1. The molecular weight excluding hydrogens is 464 g/mol. The SMILES string of the molecule is COc1cccc(C(=O)N2CCN(c3nc(C4CC4)nc4c3cnn4-c3ccccc3Cl)CC2)c1. The Morgan fingerprint density at radius 1 is 1.03 bits per heavy atom. The molecule has 35 heavy (non-hydrogen) atoms. The fraction of sp³-hybridized carbons (Fsp3) is 0.308. The molecule has 1 aliphatic carbocycles. The number of methoxy groups -OCH3 is 1. The molecule has 0 atom stereocenters. The molecule has 2 fully saturated rings. The van der Waals surface area contributed by atoms with E-state index in [1.54, 1.807) is 17.9 Å². The first-order chi connectivity index (χ1) is 17.1.